The molecular weight excluding hydrogens is 305 g/mol. The smallest absolute Gasteiger partial charge is 0.255 e. The third-order valence-corrected chi connectivity index (χ3v) is 5.05. The van der Waals surface area contributed by atoms with Gasteiger partial charge in [-0.25, -0.2) is 4.39 Å². The van der Waals surface area contributed by atoms with E-state index in [2.05, 4.69) is 9.88 Å². The number of benzene rings is 1. The van der Waals surface area contributed by atoms with E-state index < -0.39 is 0 Å². The third-order valence-electron chi connectivity index (χ3n) is 5.05. The van der Waals surface area contributed by atoms with E-state index >= 15 is 0 Å². The molecule has 2 aliphatic heterocycles. The van der Waals surface area contributed by atoms with Crippen molar-refractivity contribution in [3.8, 4) is 0 Å². The highest BCUT2D eigenvalue weighted by molar-refractivity contribution is 5.94. The topological polar surface area (TPSA) is 36.4 Å². The fourth-order valence-electron chi connectivity index (χ4n) is 3.95. The first-order chi connectivity index (χ1) is 11.7. The normalized spacial score (nSPS) is 23.5. The molecule has 0 spiro atoms. The van der Waals surface area contributed by atoms with Gasteiger partial charge in [0.05, 0.1) is 5.56 Å². The van der Waals surface area contributed by atoms with Crippen LogP contribution in [-0.2, 0) is 6.54 Å². The van der Waals surface area contributed by atoms with Gasteiger partial charge in [0, 0.05) is 45.1 Å². The molecule has 3 heterocycles. The van der Waals surface area contributed by atoms with Crippen molar-refractivity contribution in [2.45, 2.75) is 6.54 Å². The molecule has 0 saturated carbocycles. The molecule has 2 atom stereocenters. The van der Waals surface area contributed by atoms with Gasteiger partial charge in [-0.1, -0.05) is 12.1 Å². The zero-order chi connectivity index (χ0) is 16.5. The van der Waals surface area contributed by atoms with E-state index in [1.54, 1.807) is 30.6 Å². The molecule has 4 rings (SSSR count). The van der Waals surface area contributed by atoms with Crippen LogP contribution in [0, 0.1) is 17.7 Å². The summed E-state index contributed by atoms with van der Waals surface area (Å²) in [5.41, 5.74) is 1.67. The lowest BCUT2D eigenvalue weighted by atomic mass is 10.0. The minimum atomic E-state index is -0.180. The Kier molecular flexibility index (Phi) is 4.02. The first-order valence-electron chi connectivity index (χ1n) is 8.35. The number of halogens is 1. The molecule has 2 unspecified atom stereocenters. The molecule has 1 aromatic carbocycles. The van der Waals surface area contributed by atoms with Gasteiger partial charge in [0.25, 0.3) is 5.91 Å². The second kappa shape index (κ2) is 6.32. The molecule has 124 valence electrons. The van der Waals surface area contributed by atoms with Gasteiger partial charge in [-0.15, -0.1) is 0 Å². The molecule has 4 nitrogen and oxygen atoms in total. The summed E-state index contributed by atoms with van der Waals surface area (Å²) in [7, 11) is 0. The highest BCUT2D eigenvalue weighted by Gasteiger charge is 2.41. The number of carbonyl (C=O) groups is 1. The molecule has 2 fully saturated rings. The molecule has 5 heteroatoms. The number of amides is 1. The van der Waals surface area contributed by atoms with Gasteiger partial charge in [-0.05, 0) is 41.7 Å². The molecule has 0 N–H and O–H groups in total. The van der Waals surface area contributed by atoms with Gasteiger partial charge in [0.2, 0.25) is 0 Å². The lowest BCUT2D eigenvalue weighted by Gasteiger charge is -2.21. The van der Waals surface area contributed by atoms with Gasteiger partial charge in [-0.2, -0.15) is 0 Å². The number of rotatable bonds is 3. The van der Waals surface area contributed by atoms with Crippen LogP contribution in [0.4, 0.5) is 4.39 Å². The van der Waals surface area contributed by atoms with Crippen molar-refractivity contribution in [1.29, 1.82) is 0 Å². The summed E-state index contributed by atoms with van der Waals surface area (Å²) in [6.07, 6.45) is 3.31. The van der Waals surface area contributed by atoms with Crippen molar-refractivity contribution in [2.75, 3.05) is 26.2 Å². The number of hydrogen-bond donors (Lipinski definition) is 0. The quantitative estimate of drug-likeness (QED) is 0.870. The van der Waals surface area contributed by atoms with E-state index in [4.69, 9.17) is 0 Å². The second-order valence-electron chi connectivity index (χ2n) is 6.80. The lowest BCUT2D eigenvalue weighted by Crippen LogP contribution is -2.33. The van der Waals surface area contributed by atoms with Gasteiger partial charge in [0.15, 0.2) is 0 Å². The monoisotopic (exact) mass is 325 g/mol. The number of fused-ring (bicyclic) bond motifs is 1. The Morgan fingerprint density at radius 3 is 2.58 bits per heavy atom. The summed E-state index contributed by atoms with van der Waals surface area (Å²) in [5.74, 6) is 0.924. The van der Waals surface area contributed by atoms with Gasteiger partial charge < -0.3 is 4.90 Å². The van der Waals surface area contributed by atoms with Crippen LogP contribution < -0.4 is 0 Å². The Morgan fingerprint density at radius 2 is 1.92 bits per heavy atom. The fraction of sp³-hybridized carbons (Fsp3) is 0.368. The predicted molar refractivity (Wildman–Crippen MR) is 88.8 cm³/mol. The number of hydrogen-bond acceptors (Lipinski definition) is 3. The number of pyridine rings is 1. The van der Waals surface area contributed by atoms with Crippen molar-refractivity contribution in [1.82, 2.24) is 14.8 Å². The lowest BCUT2D eigenvalue weighted by molar-refractivity contribution is 0.0773. The minimum absolute atomic E-state index is 0.0779. The van der Waals surface area contributed by atoms with E-state index in [9.17, 15) is 9.18 Å². The van der Waals surface area contributed by atoms with Crippen LogP contribution in [0.3, 0.4) is 0 Å². The maximum atomic E-state index is 13.3. The largest absolute Gasteiger partial charge is 0.338 e. The molecule has 24 heavy (non-hydrogen) atoms. The summed E-state index contributed by atoms with van der Waals surface area (Å²) in [6, 6.07) is 10.4. The Morgan fingerprint density at radius 1 is 1.12 bits per heavy atom. The van der Waals surface area contributed by atoms with Crippen molar-refractivity contribution in [3.63, 3.8) is 0 Å². The third kappa shape index (κ3) is 3.04. The van der Waals surface area contributed by atoms with Crippen LogP contribution in [0.2, 0.25) is 0 Å². The highest BCUT2D eigenvalue weighted by Crippen LogP contribution is 2.32. The molecule has 0 radical (unpaired) electrons. The second-order valence-corrected chi connectivity index (χ2v) is 6.80. The Labute approximate surface area is 140 Å². The first kappa shape index (κ1) is 15.3. The molecule has 0 bridgehead atoms. The SMILES string of the molecule is O=C(c1cccnc1)N1CC2CN(Cc3cccc(F)c3)CC2C1. The molecule has 2 aliphatic rings. The first-order valence-corrected chi connectivity index (χ1v) is 8.35. The maximum Gasteiger partial charge on any atom is 0.255 e. The fourth-order valence-corrected chi connectivity index (χ4v) is 3.95. The standard InChI is InChI=1S/C19H20FN3O/c20-18-5-1-3-14(7-18)9-22-10-16-12-23(13-17(16)11-22)19(24)15-4-2-6-21-8-15/h1-8,16-17H,9-13H2. The summed E-state index contributed by atoms with van der Waals surface area (Å²) < 4.78 is 13.3. The van der Waals surface area contributed by atoms with E-state index in [1.165, 1.54) is 6.07 Å². The maximum absolute atomic E-state index is 13.3. The Balaban J connectivity index is 1.36. The van der Waals surface area contributed by atoms with Crippen LogP contribution in [0.1, 0.15) is 15.9 Å². The number of nitrogens with zero attached hydrogens (tertiary/aromatic N) is 3. The van der Waals surface area contributed by atoms with Crippen LogP contribution >= 0.6 is 0 Å². The van der Waals surface area contributed by atoms with Crippen LogP contribution in [0.15, 0.2) is 48.8 Å². The summed E-state index contributed by atoms with van der Waals surface area (Å²) in [6.45, 7) is 4.33. The molecule has 1 amide bonds. The molecular formula is C19H20FN3O. The molecule has 0 aliphatic carbocycles. The van der Waals surface area contributed by atoms with Crippen LogP contribution in [0.25, 0.3) is 0 Å². The van der Waals surface area contributed by atoms with Crippen molar-refractivity contribution < 1.29 is 9.18 Å². The summed E-state index contributed by atoms with van der Waals surface area (Å²) in [4.78, 5) is 20.9. The molecule has 2 saturated heterocycles. The van der Waals surface area contributed by atoms with Crippen molar-refractivity contribution in [3.05, 3.63) is 65.7 Å². The zero-order valence-corrected chi connectivity index (χ0v) is 13.4. The number of likely N-dealkylation sites (tertiary alicyclic amines) is 2. The summed E-state index contributed by atoms with van der Waals surface area (Å²) in [5, 5.41) is 0. The highest BCUT2D eigenvalue weighted by atomic mass is 19.1. The van der Waals surface area contributed by atoms with Crippen LogP contribution in [-0.4, -0.2) is 46.9 Å². The van der Waals surface area contributed by atoms with Gasteiger partial charge >= 0.3 is 0 Å². The average molecular weight is 325 g/mol. The van der Waals surface area contributed by atoms with E-state index in [1.807, 2.05) is 17.0 Å². The minimum Gasteiger partial charge on any atom is -0.338 e. The van der Waals surface area contributed by atoms with Gasteiger partial charge in [-0.3, -0.25) is 14.7 Å². The predicted octanol–water partition coefficient (Wildman–Crippen LogP) is 2.42. The average Bonchev–Trinajstić information content (AvgIpc) is 3.13. The van der Waals surface area contributed by atoms with E-state index in [0.717, 1.165) is 38.3 Å². The number of aromatic nitrogens is 1. The number of carbonyl (C=O) groups excluding carboxylic acids is 1. The molecule has 2 aromatic rings. The zero-order valence-electron chi connectivity index (χ0n) is 13.4. The Hall–Kier alpha value is -2.27. The van der Waals surface area contributed by atoms with Crippen molar-refractivity contribution >= 4 is 5.91 Å². The van der Waals surface area contributed by atoms with Gasteiger partial charge in [0.1, 0.15) is 5.82 Å². The van der Waals surface area contributed by atoms with E-state index in [-0.39, 0.29) is 11.7 Å². The molecule has 1 aromatic heterocycles. The summed E-state index contributed by atoms with van der Waals surface area (Å²) >= 11 is 0. The van der Waals surface area contributed by atoms with E-state index in [0.29, 0.717) is 17.4 Å². The van der Waals surface area contributed by atoms with Crippen molar-refractivity contribution in [2.24, 2.45) is 11.8 Å². The van der Waals surface area contributed by atoms with Crippen LogP contribution in [0.5, 0.6) is 0 Å². The Bertz CT molecular complexity index is 722.